The molecule has 0 aliphatic heterocycles. The Morgan fingerprint density at radius 2 is 2.12 bits per heavy atom. The van der Waals surface area contributed by atoms with Crippen molar-refractivity contribution in [3.63, 3.8) is 0 Å². The Bertz CT molecular complexity index is 304. The highest BCUT2D eigenvalue weighted by Gasteiger charge is 2.28. The average Bonchev–Trinajstić information content (AvgIpc) is 2.90. The third-order valence-corrected chi connectivity index (χ3v) is 4.58. The summed E-state index contributed by atoms with van der Waals surface area (Å²) in [4.78, 5) is 0. The molecule has 1 aromatic rings. The van der Waals surface area contributed by atoms with E-state index in [9.17, 15) is 0 Å². The van der Waals surface area contributed by atoms with Crippen molar-refractivity contribution in [2.24, 2.45) is 11.8 Å². The summed E-state index contributed by atoms with van der Waals surface area (Å²) in [5.74, 6) is 1.71. The van der Waals surface area contributed by atoms with Crippen molar-refractivity contribution in [3.8, 4) is 0 Å². The van der Waals surface area contributed by atoms with E-state index in [2.05, 4.69) is 34.1 Å². The Kier molecular flexibility index (Phi) is 4.92. The Morgan fingerprint density at radius 3 is 2.65 bits per heavy atom. The number of aromatic nitrogens is 2. The van der Waals surface area contributed by atoms with Gasteiger partial charge in [-0.1, -0.05) is 37.6 Å². The first-order valence-electron chi connectivity index (χ1n) is 6.85. The van der Waals surface area contributed by atoms with Gasteiger partial charge in [-0.2, -0.15) is 0 Å². The fourth-order valence-corrected chi connectivity index (χ4v) is 3.46. The van der Waals surface area contributed by atoms with Crippen LogP contribution in [0.1, 0.15) is 57.7 Å². The zero-order valence-electron chi connectivity index (χ0n) is 10.9. The van der Waals surface area contributed by atoms with Gasteiger partial charge in [0.05, 0.1) is 11.7 Å². The predicted molar refractivity (Wildman–Crippen MR) is 72.1 cm³/mol. The highest BCUT2D eigenvalue weighted by molar-refractivity contribution is 7.03. The molecule has 1 aliphatic rings. The molecule has 0 aromatic carbocycles. The van der Waals surface area contributed by atoms with E-state index in [0.717, 1.165) is 24.1 Å². The van der Waals surface area contributed by atoms with Crippen molar-refractivity contribution in [2.45, 2.75) is 52.0 Å². The fourth-order valence-electron chi connectivity index (χ4n) is 2.97. The lowest BCUT2D eigenvalue weighted by Crippen LogP contribution is -2.31. The first-order valence-corrected chi connectivity index (χ1v) is 7.69. The van der Waals surface area contributed by atoms with Crippen LogP contribution in [0.2, 0.25) is 0 Å². The summed E-state index contributed by atoms with van der Waals surface area (Å²) in [7, 11) is 0. The molecule has 2 rings (SSSR count). The van der Waals surface area contributed by atoms with Crippen LogP contribution < -0.4 is 5.32 Å². The van der Waals surface area contributed by atoms with Gasteiger partial charge in [0, 0.05) is 5.38 Å². The standard InChI is InChI=1S/C13H23N3S/c1-3-10-5-7-11(8-6-10)13(14-4-2)12-9-17-16-15-12/h9-11,13-14H,3-8H2,1-2H3. The van der Waals surface area contributed by atoms with Gasteiger partial charge < -0.3 is 5.32 Å². The number of hydrogen-bond acceptors (Lipinski definition) is 4. The quantitative estimate of drug-likeness (QED) is 0.874. The van der Waals surface area contributed by atoms with E-state index < -0.39 is 0 Å². The summed E-state index contributed by atoms with van der Waals surface area (Å²) in [6.07, 6.45) is 6.81. The first kappa shape index (κ1) is 13.0. The normalized spacial score (nSPS) is 26.9. The van der Waals surface area contributed by atoms with Crippen LogP contribution in [0.15, 0.2) is 5.38 Å². The smallest absolute Gasteiger partial charge is 0.0927 e. The molecule has 17 heavy (non-hydrogen) atoms. The molecule has 0 amide bonds. The zero-order valence-corrected chi connectivity index (χ0v) is 11.7. The van der Waals surface area contributed by atoms with E-state index in [0.29, 0.717) is 6.04 Å². The number of rotatable bonds is 5. The molecule has 96 valence electrons. The van der Waals surface area contributed by atoms with Crippen LogP contribution in [0.4, 0.5) is 0 Å². The van der Waals surface area contributed by atoms with Crippen LogP contribution in [0.3, 0.4) is 0 Å². The van der Waals surface area contributed by atoms with E-state index >= 15 is 0 Å². The molecule has 0 saturated heterocycles. The molecule has 3 nitrogen and oxygen atoms in total. The minimum absolute atomic E-state index is 0.427. The van der Waals surface area contributed by atoms with Crippen LogP contribution in [-0.4, -0.2) is 16.1 Å². The molecule has 0 bridgehead atoms. The van der Waals surface area contributed by atoms with E-state index in [1.165, 1.54) is 43.6 Å². The third-order valence-electron chi connectivity index (χ3n) is 4.06. The van der Waals surface area contributed by atoms with Gasteiger partial charge in [-0.05, 0) is 42.8 Å². The molecule has 1 aliphatic carbocycles. The van der Waals surface area contributed by atoms with Gasteiger partial charge >= 0.3 is 0 Å². The Labute approximate surface area is 108 Å². The summed E-state index contributed by atoms with van der Waals surface area (Å²) < 4.78 is 4.00. The lowest BCUT2D eigenvalue weighted by Gasteiger charge is -2.33. The highest BCUT2D eigenvalue weighted by Crippen LogP contribution is 2.37. The van der Waals surface area contributed by atoms with Gasteiger partial charge in [-0.25, -0.2) is 0 Å². The van der Waals surface area contributed by atoms with Crippen molar-refractivity contribution in [1.82, 2.24) is 14.9 Å². The molecular weight excluding hydrogens is 230 g/mol. The van der Waals surface area contributed by atoms with Crippen molar-refractivity contribution < 1.29 is 0 Å². The molecule has 1 saturated carbocycles. The van der Waals surface area contributed by atoms with Gasteiger partial charge in [-0.15, -0.1) is 5.10 Å². The predicted octanol–water partition coefficient (Wildman–Crippen LogP) is 3.41. The molecule has 1 atom stereocenters. The fraction of sp³-hybridized carbons (Fsp3) is 0.846. The third kappa shape index (κ3) is 3.26. The van der Waals surface area contributed by atoms with Crippen LogP contribution in [0, 0.1) is 11.8 Å². The average molecular weight is 253 g/mol. The van der Waals surface area contributed by atoms with Gasteiger partial charge in [0.2, 0.25) is 0 Å². The molecule has 1 unspecified atom stereocenters. The van der Waals surface area contributed by atoms with Gasteiger partial charge in [-0.3, -0.25) is 0 Å². The maximum Gasteiger partial charge on any atom is 0.0927 e. The van der Waals surface area contributed by atoms with Crippen LogP contribution >= 0.6 is 11.5 Å². The largest absolute Gasteiger partial charge is 0.309 e. The van der Waals surface area contributed by atoms with Crippen molar-refractivity contribution in [1.29, 1.82) is 0 Å². The zero-order chi connectivity index (χ0) is 12.1. The summed E-state index contributed by atoms with van der Waals surface area (Å²) in [6, 6.07) is 0.427. The highest BCUT2D eigenvalue weighted by atomic mass is 32.1. The number of hydrogen-bond donors (Lipinski definition) is 1. The first-order chi connectivity index (χ1) is 8.35. The molecular formula is C13H23N3S. The maximum absolute atomic E-state index is 4.26. The second-order valence-electron chi connectivity index (χ2n) is 5.05. The molecule has 0 spiro atoms. The summed E-state index contributed by atoms with van der Waals surface area (Å²) in [5, 5.41) is 9.94. The minimum atomic E-state index is 0.427. The molecule has 1 heterocycles. The summed E-state index contributed by atoms with van der Waals surface area (Å²) in [5.41, 5.74) is 1.15. The number of nitrogens with zero attached hydrogens (tertiary/aromatic N) is 2. The maximum atomic E-state index is 4.26. The van der Waals surface area contributed by atoms with E-state index in [1.54, 1.807) is 0 Å². The Hall–Kier alpha value is -0.480. The van der Waals surface area contributed by atoms with Crippen LogP contribution in [-0.2, 0) is 0 Å². The summed E-state index contributed by atoms with van der Waals surface area (Å²) >= 11 is 1.46. The monoisotopic (exact) mass is 253 g/mol. The Morgan fingerprint density at radius 1 is 1.35 bits per heavy atom. The van der Waals surface area contributed by atoms with Crippen molar-refractivity contribution >= 4 is 11.5 Å². The lowest BCUT2D eigenvalue weighted by molar-refractivity contribution is 0.217. The van der Waals surface area contributed by atoms with Crippen LogP contribution in [0.5, 0.6) is 0 Å². The Balaban J connectivity index is 1.98. The molecule has 4 heteroatoms. The van der Waals surface area contributed by atoms with Crippen LogP contribution in [0.25, 0.3) is 0 Å². The molecule has 1 aromatic heterocycles. The van der Waals surface area contributed by atoms with E-state index in [4.69, 9.17) is 0 Å². The van der Waals surface area contributed by atoms with E-state index in [-0.39, 0.29) is 0 Å². The number of nitrogens with one attached hydrogen (secondary N) is 1. The lowest BCUT2D eigenvalue weighted by atomic mass is 9.77. The van der Waals surface area contributed by atoms with Gasteiger partial charge in [0.15, 0.2) is 0 Å². The second kappa shape index (κ2) is 6.45. The molecule has 1 fully saturated rings. The minimum Gasteiger partial charge on any atom is -0.309 e. The van der Waals surface area contributed by atoms with Crippen molar-refractivity contribution in [3.05, 3.63) is 11.1 Å². The second-order valence-corrected chi connectivity index (χ2v) is 5.66. The van der Waals surface area contributed by atoms with Crippen molar-refractivity contribution in [2.75, 3.05) is 6.54 Å². The van der Waals surface area contributed by atoms with Gasteiger partial charge in [0.1, 0.15) is 0 Å². The SMILES string of the molecule is CCNC(c1csnn1)C1CCC(CC)CC1. The van der Waals surface area contributed by atoms with Gasteiger partial charge in [0.25, 0.3) is 0 Å². The van der Waals surface area contributed by atoms with E-state index in [1.807, 2.05) is 0 Å². The molecule has 0 radical (unpaired) electrons. The molecule has 1 N–H and O–H groups in total. The summed E-state index contributed by atoms with van der Waals surface area (Å²) in [6.45, 7) is 5.50. The topological polar surface area (TPSA) is 37.8 Å².